The summed E-state index contributed by atoms with van der Waals surface area (Å²) in [6.07, 6.45) is 4.22. The van der Waals surface area contributed by atoms with Crippen LogP contribution >= 0.6 is 0 Å². The predicted molar refractivity (Wildman–Crippen MR) is 75.3 cm³/mol. The van der Waals surface area contributed by atoms with E-state index in [1.165, 1.54) is 25.9 Å². The molecule has 1 fully saturated rings. The maximum atomic E-state index is 11.8. The van der Waals surface area contributed by atoms with Crippen molar-refractivity contribution in [3.8, 4) is 0 Å². The molecule has 1 aliphatic rings. The Hall–Kier alpha value is -0.610. The number of carbonyl (C=O) groups excluding carboxylic acids is 1. The van der Waals surface area contributed by atoms with Crippen molar-refractivity contribution in [3.63, 3.8) is 0 Å². The maximum Gasteiger partial charge on any atom is 0.220 e. The average molecular weight is 255 g/mol. The Balaban J connectivity index is 2.11. The molecule has 106 valence electrons. The lowest BCUT2D eigenvalue weighted by Crippen LogP contribution is -2.35. The van der Waals surface area contributed by atoms with E-state index < -0.39 is 0 Å². The van der Waals surface area contributed by atoms with E-state index in [-0.39, 0.29) is 5.91 Å². The van der Waals surface area contributed by atoms with E-state index in [1.54, 1.807) is 0 Å². The molecule has 0 radical (unpaired) electrons. The summed E-state index contributed by atoms with van der Waals surface area (Å²) >= 11 is 0. The minimum atomic E-state index is 0.158. The summed E-state index contributed by atoms with van der Waals surface area (Å²) in [7, 11) is 0. The van der Waals surface area contributed by atoms with Gasteiger partial charge in [0.25, 0.3) is 0 Å². The van der Waals surface area contributed by atoms with Crippen LogP contribution in [0.1, 0.15) is 39.5 Å². The van der Waals surface area contributed by atoms with Crippen molar-refractivity contribution in [2.45, 2.75) is 39.5 Å². The van der Waals surface area contributed by atoms with Gasteiger partial charge in [0.2, 0.25) is 5.91 Å². The standard InChI is InChI=1S/C14H29N3O/c1-12(2)9-13(11-15)10-14(18)16-5-8-17-6-3-4-7-17/h12-13H,3-11,15H2,1-2H3,(H,16,18). The van der Waals surface area contributed by atoms with Crippen LogP contribution in [0.4, 0.5) is 0 Å². The van der Waals surface area contributed by atoms with E-state index in [9.17, 15) is 4.79 Å². The largest absolute Gasteiger partial charge is 0.355 e. The molecule has 0 aromatic rings. The summed E-state index contributed by atoms with van der Waals surface area (Å²) in [4.78, 5) is 14.2. The van der Waals surface area contributed by atoms with Crippen molar-refractivity contribution < 1.29 is 4.79 Å². The van der Waals surface area contributed by atoms with E-state index >= 15 is 0 Å². The highest BCUT2D eigenvalue weighted by Crippen LogP contribution is 2.13. The van der Waals surface area contributed by atoms with Crippen molar-refractivity contribution in [1.82, 2.24) is 10.2 Å². The highest BCUT2D eigenvalue weighted by atomic mass is 16.1. The second-order valence-corrected chi connectivity index (χ2v) is 5.83. The van der Waals surface area contributed by atoms with Gasteiger partial charge in [-0.05, 0) is 50.7 Å². The lowest BCUT2D eigenvalue weighted by atomic mass is 9.94. The van der Waals surface area contributed by atoms with E-state index in [0.29, 0.717) is 24.8 Å². The van der Waals surface area contributed by atoms with Gasteiger partial charge in [-0.15, -0.1) is 0 Å². The van der Waals surface area contributed by atoms with Gasteiger partial charge >= 0.3 is 0 Å². The monoisotopic (exact) mass is 255 g/mol. The Kier molecular flexibility index (Phi) is 7.28. The molecule has 4 nitrogen and oxygen atoms in total. The van der Waals surface area contributed by atoms with Gasteiger partial charge in [0, 0.05) is 19.5 Å². The molecule has 1 rings (SSSR count). The predicted octanol–water partition coefficient (Wildman–Crippen LogP) is 1.21. The van der Waals surface area contributed by atoms with Crippen molar-refractivity contribution in [3.05, 3.63) is 0 Å². The van der Waals surface area contributed by atoms with Gasteiger partial charge in [-0.25, -0.2) is 0 Å². The molecule has 0 bridgehead atoms. The molecular formula is C14H29N3O. The molecule has 1 aliphatic heterocycles. The number of hydrogen-bond donors (Lipinski definition) is 2. The molecule has 0 spiro atoms. The zero-order chi connectivity index (χ0) is 13.4. The van der Waals surface area contributed by atoms with Crippen molar-refractivity contribution in [2.24, 2.45) is 17.6 Å². The Morgan fingerprint density at radius 2 is 2.00 bits per heavy atom. The number of hydrogen-bond acceptors (Lipinski definition) is 3. The number of amides is 1. The topological polar surface area (TPSA) is 58.4 Å². The van der Waals surface area contributed by atoms with E-state index in [0.717, 1.165) is 19.5 Å². The summed E-state index contributed by atoms with van der Waals surface area (Å²) in [5, 5.41) is 3.01. The molecule has 3 N–H and O–H groups in total. The molecule has 1 saturated heterocycles. The Labute approximate surface area is 111 Å². The Morgan fingerprint density at radius 3 is 2.56 bits per heavy atom. The van der Waals surface area contributed by atoms with Gasteiger partial charge in [-0.3, -0.25) is 4.79 Å². The minimum Gasteiger partial charge on any atom is -0.355 e. The van der Waals surface area contributed by atoms with Crippen molar-refractivity contribution >= 4 is 5.91 Å². The maximum absolute atomic E-state index is 11.8. The molecule has 0 saturated carbocycles. The van der Waals surface area contributed by atoms with Crippen molar-refractivity contribution in [1.29, 1.82) is 0 Å². The third kappa shape index (κ3) is 6.36. The van der Waals surface area contributed by atoms with Crippen LogP contribution in [-0.4, -0.2) is 43.5 Å². The number of nitrogens with zero attached hydrogens (tertiary/aromatic N) is 1. The van der Waals surface area contributed by atoms with Gasteiger partial charge in [0.15, 0.2) is 0 Å². The van der Waals surface area contributed by atoms with Crippen LogP contribution in [0.2, 0.25) is 0 Å². The Morgan fingerprint density at radius 1 is 1.33 bits per heavy atom. The SMILES string of the molecule is CC(C)CC(CN)CC(=O)NCCN1CCCC1. The first-order valence-electron chi connectivity index (χ1n) is 7.31. The summed E-state index contributed by atoms with van der Waals surface area (Å²) < 4.78 is 0. The third-order valence-electron chi connectivity index (χ3n) is 3.56. The van der Waals surface area contributed by atoms with E-state index in [4.69, 9.17) is 5.73 Å². The molecule has 0 aromatic heterocycles. The zero-order valence-electron chi connectivity index (χ0n) is 12.0. The van der Waals surface area contributed by atoms with Gasteiger partial charge in [0.1, 0.15) is 0 Å². The van der Waals surface area contributed by atoms with Gasteiger partial charge in [-0.1, -0.05) is 13.8 Å². The minimum absolute atomic E-state index is 0.158. The van der Waals surface area contributed by atoms with Gasteiger partial charge in [-0.2, -0.15) is 0 Å². The molecule has 0 aliphatic carbocycles. The molecule has 1 amide bonds. The van der Waals surface area contributed by atoms with Crippen LogP contribution in [0.5, 0.6) is 0 Å². The first-order chi connectivity index (χ1) is 8.61. The second-order valence-electron chi connectivity index (χ2n) is 5.83. The van der Waals surface area contributed by atoms with Crippen LogP contribution in [-0.2, 0) is 4.79 Å². The van der Waals surface area contributed by atoms with Crippen LogP contribution in [0.15, 0.2) is 0 Å². The fourth-order valence-corrected chi connectivity index (χ4v) is 2.62. The van der Waals surface area contributed by atoms with Gasteiger partial charge in [0.05, 0.1) is 0 Å². The van der Waals surface area contributed by atoms with Crippen LogP contribution in [0.25, 0.3) is 0 Å². The highest BCUT2D eigenvalue weighted by Gasteiger charge is 2.15. The van der Waals surface area contributed by atoms with Crippen LogP contribution < -0.4 is 11.1 Å². The number of nitrogens with one attached hydrogen (secondary N) is 1. The number of likely N-dealkylation sites (tertiary alicyclic amines) is 1. The lowest BCUT2D eigenvalue weighted by Gasteiger charge is -2.18. The average Bonchev–Trinajstić information content (AvgIpc) is 2.80. The van der Waals surface area contributed by atoms with Crippen LogP contribution in [0, 0.1) is 11.8 Å². The molecule has 1 unspecified atom stereocenters. The summed E-state index contributed by atoms with van der Waals surface area (Å²) in [6, 6.07) is 0. The Bertz CT molecular complexity index is 237. The number of nitrogens with two attached hydrogens (primary N) is 1. The van der Waals surface area contributed by atoms with Crippen molar-refractivity contribution in [2.75, 3.05) is 32.7 Å². The van der Waals surface area contributed by atoms with E-state index in [1.807, 2.05) is 0 Å². The smallest absolute Gasteiger partial charge is 0.220 e. The molecule has 0 aromatic carbocycles. The first-order valence-corrected chi connectivity index (χ1v) is 7.31. The highest BCUT2D eigenvalue weighted by molar-refractivity contribution is 5.76. The van der Waals surface area contributed by atoms with Gasteiger partial charge < -0.3 is 16.0 Å². The third-order valence-corrected chi connectivity index (χ3v) is 3.56. The van der Waals surface area contributed by atoms with E-state index in [2.05, 4.69) is 24.1 Å². The lowest BCUT2D eigenvalue weighted by molar-refractivity contribution is -0.122. The second kappa shape index (κ2) is 8.48. The summed E-state index contributed by atoms with van der Waals surface area (Å²) in [6.45, 7) is 9.10. The molecule has 1 atom stereocenters. The first kappa shape index (κ1) is 15.4. The summed E-state index contributed by atoms with van der Waals surface area (Å²) in [5.74, 6) is 1.10. The molecular weight excluding hydrogens is 226 g/mol. The number of rotatable bonds is 8. The number of carbonyl (C=O) groups is 1. The quantitative estimate of drug-likeness (QED) is 0.685. The van der Waals surface area contributed by atoms with Crippen LogP contribution in [0.3, 0.4) is 0 Å². The molecule has 4 heteroatoms. The molecule has 1 heterocycles. The fourth-order valence-electron chi connectivity index (χ4n) is 2.62. The fraction of sp³-hybridized carbons (Fsp3) is 0.929. The normalized spacial score (nSPS) is 18.2. The molecule has 18 heavy (non-hydrogen) atoms. The summed E-state index contributed by atoms with van der Waals surface area (Å²) in [5.41, 5.74) is 5.71. The zero-order valence-corrected chi connectivity index (χ0v) is 12.0.